The fourth-order valence-corrected chi connectivity index (χ4v) is 3.09. The molecule has 0 saturated carbocycles. The number of thiophene rings is 1. The van der Waals surface area contributed by atoms with Crippen LogP contribution in [0.15, 0.2) is 23.6 Å². The maximum absolute atomic E-state index is 12.5. The predicted octanol–water partition coefficient (Wildman–Crippen LogP) is 1.92. The number of hydrogen-bond acceptors (Lipinski definition) is 4. The van der Waals surface area contributed by atoms with Crippen molar-refractivity contribution in [2.45, 2.75) is 6.42 Å². The highest BCUT2D eigenvalue weighted by atomic mass is 32.1. The molecule has 1 saturated heterocycles. The van der Waals surface area contributed by atoms with Crippen molar-refractivity contribution in [2.24, 2.45) is 0 Å². The van der Waals surface area contributed by atoms with Gasteiger partial charge in [0.1, 0.15) is 0 Å². The van der Waals surface area contributed by atoms with Crippen molar-refractivity contribution < 1.29 is 4.79 Å². The summed E-state index contributed by atoms with van der Waals surface area (Å²) < 4.78 is 0. The number of nitrogens with one attached hydrogen (secondary N) is 1. The fourth-order valence-electron chi connectivity index (χ4n) is 2.40. The van der Waals surface area contributed by atoms with Gasteiger partial charge in [-0.15, -0.1) is 11.3 Å². The number of likely N-dealkylation sites (N-methyl/N-ethyl adjacent to an activating group) is 1. The van der Waals surface area contributed by atoms with E-state index in [1.165, 1.54) is 0 Å². The van der Waals surface area contributed by atoms with Crippen molar-refractivity contribution in [2.75, 3.05) is 33.2 Å². The second kappa shape index (κ2) is 5.76. The van der Waals surface area contributed by atoms with Gasteiger partial charge in [0.15, 0.2) is 5.69 Å². The predicted molar refractivity (Wildman–Crippen MR) is 79.9 cm³/mol. The fraction of sp³-hybridized carbons (Fsp3) is 0.429. The summed E-state index contributed by atoms with van der Waals surface area (Å²) in [7, 11) is 2.09. The number of rotatable bonds is 2. The number of H-pyrrole nitrogens is 1. The number of amides is 1. The molecule has 1 N–H and O–H groups in total. The van der Waals surface area contributed by atoms with Crippen LogP contribution in [0.2, 0.25) is 0 Å². The number of carbonyl (C=O) groups is 1. The topological polar surface area (TPSA) is 52.2 Å². The average Bonchev–Trinajstić information content (AvgIpc) is 3.08. The third-order valence-corrected chi connectivity index (χ3v) is 4.49. The molecule has 20 heavy (non-hydrogen) atoms. The van der Waals surface area contributed by atoms with Gasteiger partial charge in [-0.25, -0.2) is 0 Å². The summed E-state index contributed by atoms with van der Waals surface area (Å²) in [4.78, 5) is 17.7. The van der Waals surface area contributed by atoms with Crippen LogP contribution in [0.25, 0.3) is 10.6 Å². The number of hydrogen-bond donors (Lipinski definition) is 1. The Morgan fingerprint density at radius 1 is 1.35 bits per heavy atom. The number of aromatic nitrogens is 2. The van der Waals surface area contributed by atoms with Crippen molar-refractivity contribution in [3.05, 3.63) is 29.3 Å². The molecule has 0 unspecified atom stereocenters. The molecule has 1 aliphatic heterocycles. The molecule has 0 atom stereocenters. The standard InChI is InChI=1S/C14H18N4OS/c1-17-5-3-6-18(8-7-17)14(19)12-10-11(15-16-12)13-4-2-9-20-13/h2,4,9-10H,3,5-8H2,1H3,(H,15,16). The van der Waals surface area contributed by atoms with Crippen LogP contribution in [-0.2, 0) is 0 Å². The molecule has 3 heterocycles. The summed E-state index contributed by atoms with van der Waals surface area (Å²) in [5.74, 6) is 0.0272. The molecule has 0 aliphatic carbocycles. The van der Waals surface area contributed by atoms with E-state index >= 15 is 0 Å². The lowest BCUT2D eigenvalue weighted by Crippen LogP contribution is -2.34. The minimum atomic E-state index is 0.0272. The van der Waals surface area contributed by atoms with Crippen LogP contribution in [0.3, 0.4) is 0 Å². The van der Waals surface area contributed by atoms with Crippen LogP contribution in [0.5, 0.6) is 0 Å². The van der Waals surface area contributed by atoms with Crippen molar-refractivity contribution in [3.63, 3.8) is 0 Å². The largest absolute Gasteiger partial charge is 0.336 e. The summed E-state index contributed by atoms with van der Waals surface area (Å²) in [6.45, 7) is 3.56. The van der Waals surface area contributed by atoms with Crippen LogP contribution in [0.4, 0.5) is 0 Å². The Morgan fingerprint density at radius 2 is 2.25 bits per heavy atom. The molecule has 6 heteroatoms. The average molecular weight is 290 g/mol. The van der Waals surface area contributed by atoms with Gasteiger partial charge in [-0.1, -0.05) is 6.07 Å². The molecule has 3 rings (SSSR count). The molecule has 1 amide bonds. The lowest BCUT2D eigenvalue weighted by atomic mass is 10.3. The summed E-state index contributed by atoms with van der Waals surface area (Å²) >= 11 is 1.64. The highest BCUT2D eigenvalue weighted by Gasteiger charge is 2.21. The molecule has 0 spiro atoms. The van der Waals surface area contributed by atoms with Gasteiger partial charge < -0.3 is 9.80 Å². The van der Waals surface area contributed by atoms with Gasteiger partial charge in [0, 0.05) is 19.6 Å². The Bertz CT molecular complexity index is 578. The molecular weight excluding hydrogens is 272 g/mol. The Morgan fingerprint density at radius 3 is 3.05 bits per heavy atom. The summed E-state index contributed by atoms with van der Waals surface area (Å²) in [6.07, 6.45) is 1.02. The molecule has 0 aromatic carbocycles. The SMILES string of the molecule is CN1CCCN(C(=O)c2cc(-c3cccs3)[nH]n2)CC1. The first-order valence-corrected chi connectivity index (χ1v) is 7.69. The zero-order valence-electron chi connectivity index (χ0n) is 11.5. The van der Waals surface area contributed by atoms with Crippen molar-refractivity contribution in [1.29, 1.82) is 0 Å². The van der Waals surface area contributed by atoms with E-state index in [9.17, 15) is 4.79 Å². The summed E-state index contributed by atoms with van der Waals surface area (Å²) in [6, 6.07) is 5.86. The van der Waals surface area contributed by atoms with Crippen LogP contribution in [0.1, 0.15) is 16.9 Å². The molecule has 106 valence electrons. The van der Waals surface area contributed by atoms with Gasteiger partial charge in [0.25, 0.3) is 5.91 Å². The Hall–Kier alpha value is -1.66. The van der Waals surface area contributed by atoms with E-state index in [0.717, 1.165) is 43.2 Å². The van der Waals surface area contributed by atoms with E-state index in [1.807, 2.05) is 28.5 Å². The van der Waals surface area contributed by atoms with E-state index < -0.39 is 0 Å². The number of nitrogens with zero attached hydrogens (tertiary/aromatic N) is 3. The van der Waals surface area contributed by atoms with Crippen molar-refractivity contribution in [3.8, 4) is 10.6 Å². The monoisotopic (exact) mass is 290 g/mol. The van der Waals surface area contributed by atoms with Gasteiger partial charge in [0.05, 0.1) is 10.6 Å². The second-order valence-corrected chi connectivity index (χ2v) is 6.04. The van der Waals surface area contributed by atoms with Gasteiger partial charge in [-0.05, 0) is 37.5 Å². The first-order valence-electron chi connectivity index (χ1n) is 6.81. The molecule has 1 aliphatic rings. The highest BCUT2D eigenvalue weighted by Crippen LogP contribution is 2.23. The number of carbonyl (C=O) groups excluding carboxylic acids is 1. The number of aromatic amines is 1. The van der Waals surface area contributed by atoms with Gasteiger partial charge >= 0.3 is 0 Å². The molecule has 2 aromatic heterocycles. The second-order valence-electron chi connectivity index (χ2n) is 5.09. The molecule has 2 aromatic rings. The lowest BCUT2D eigenvalue weighted by molar-refractivity contribution is 0.0757. The zero-order valence-corrected chi connectivity index (χ0v) is 12.3. The molecular formula is C14H18N4OS. The first-order chi connectivity index (χ1) is 9.74. The van der Waals surface area contributed by atoms with Crippen molar-refractivity contribution in [1.82, 2.24) is 20.0 Å². The minimum absolute atomic E-state index is 0.0272. The van der Waals surface area contributed by atoms with Gasteiger partial charge in [-0.2, -0.15) is 5.10 Å². The maximum atomic E-state index is 12.5. The normalized spacial score (nSPS) is 17.1. The third-order valence-electron chi connectivity index (χ3n) is 3.59. The van der Waals surface area contributed by atoms with E-state index in [0.29, 0.717) is 5.69 Å². The van der Waals surface area contributed by atoms with E-state index in [2.05, 4.69) is 22.1 Å². The smallest absolute Gasteiger partial charge is 0.274 e. The quantitative estimate of drug-likeness (QED) is 0.919. The van der Waals surface area contributed by atoms with Crippen molar-refractivity contribution >= 4 is 17.2 Å². The van der Waals surface area contributed by atoms with Crippen LogP contribution in [0, 0.1) is 0 Å². The first kappa shape index (κ1) is 13.3. The Kier molecular flexibility index (Phi) is 3.84. The molecule has 0 bridgehead atoms. The lowest BCUT2D eigenvalue weighted by Gasteiger charge is -2.19. The minimum Gasteiger partial charge on any atom is -0.336 e. The summed E-state index contributed by atoms with van der Waals surface area (Å²) in [5.41, 5.74) is 1.42. The zero-order chi connectivity index (χ0) is 13.9. The van der Waals surface area contributed by atoms with E-state index in [4.69, 9.17) is 0 Å². The van der Waals surface area contributed by atoms with Crippen LogP contribution >= 0.6 is 11.3 Å². The van der Waals surface area contributed by atoms with Crippen LogP contribution < -0.4 is 0 Å². The highest BCUT2D eigenvalue weighted by molar-refractivity contribution is 7.13. The van der Waals surface area contributed by atoms with Gasteiger partial charge in [-0.3, -0.25) is 9.89 Å². The maximum Gasteiger partial charge on any atom is 0.274 e. The van der Waals surface area contributed by atoms with E-state index in [1.54, 1.807) is 11.3 Å². The van der Waals surface area contributed by atoms with Gasteiger partial charge in [0.2, 0.25) is 0 Å². The Labute approximate surface area is 122 Å². The van der Waals surface area contributed by atoms with Crippen LogP contribution in [-0.4, -0.2) is 59.1 Å². The molecule has 5 nitrogen and oxygen atoms in total. The summed E-state index contributed by atoms with van der Waals surface area (Å²) in [5, 5.41) is 9.15. The molecule has 0 radical (unpaired) electrons. The van der Waals surface area contributed by atoms with E-state index in [-0.39, 0.29) is 5.91 Å². The molecule has 1 fully saturated rings. The Balaban J connectivity index is 1.74. The third kappa shape index (κ3) is 2.76.